The third-order valence-electron chi connectivity index (χ3n) is 2.54. The highest BCUT2D eigenvalue weighted by atomic mass is 19.4. The van der Waals surface area contributed by atoms with Crippen molar-refractivity contribution in [3.8, 4) is 11.5 Å². The molecule has 1 heterocycles. The summed E-state index contributed by atoms with van der Waals surface area (Å²) in [5, 5.41) is 4.53. The van der Waals surface area contributed by atoms with Crippen molar-refractivity contribution in [2.45, 2.75) is 12.7 Å². The molecule has 2 rings (SSSR count). The molecular formula is C12H13F3N2O3. The van der Waals surface area contributed by atoms with E-state index in [0.29, 0.717) is 11.5 Å². The Labute approximate surface area is 113 Å². The number of carbonyl (C=O) groups excluding carboxylic acids is 1. The number of carbonyl (C=O) groups is 1. The lowest BCUT2D eigenvalue weighted by Crippen LogP contribution is -2.37. The predicted molar refractivity (Wildman–Crippen MR) is 63.3 cm³/mol. The molecule has 5 nitrogen and oxygen atoms in total. The molecule has 1 aromatic carbocycles. The summed E-state index contributed by atoms with van der Waals surface area (Å²) < 4.78 is 45.9. The van der Waals surface area contributed by atoms with Gasteiger partial charge in [-0.05, 0) is 17.7 Å². The van der Waals surface area contributed by atoms with E-state index in [1.165, 1.54) is 0 Å². The van der Waals surface area contributed by atoms with Crippen LogP contribution >= 0.6 is 0 Å². The van der Waals surface area contributed by atoms with Crippen molar-refractivity contribution in [1.29, 1.82) is 0 Å². The number of hydrogen-bond acceptors (Lipinski definition) is 4. The average Bonchev–Trinajstić information content (AvgIpc) is 2.82. The number of alkyl halides is 3. The maximum Gasteiger partial charge on any atom is 0.401 e. The van der Waals surface area contributed by atoms with Crippen LogP contribution in [-0.4, -0.2) is 32.0 Å². The SMILES string of the molecule is O=C(CNCC(F)(F)F)NCc1ccc2c(c1)OCO2. The number of fused-ring (bicyclic) bond motifs is 1. The van der Waals surface area contributed by atoms with E-state index < -0.39 is 18.6 Å². The molecule has 0 bridgehead atoms. The maximum atomic E-state index is 11.9. The standard InChI is InChI=1S/C12H13F3N2O3/c13-12(14,15)6-16-5-11(18)17-4-8-1-2-9-10(3-8)20-7-19-9/h1-3,16H,4-7H2,(H,17,18). The summed E-state index contributed by atoms with van der Waals surface area (Å²) in [6.45, 7) is -1.20. The van der Waals surface area contributed by atoms with E-state index in [2.05, 4.69) is 5.32 Å². The van der Waals surface area contributed by atoms with Gasteiger partial charge in [-0.25, -0.2) is 0 Å². The Kier molecular flexibility index (Phi) is 4.33. The molecule has 20 heavy (non-hydrogen) atoms. The van der Waals surface area contributed by atoms with Crippen LogP contribution in [0.15, 0.2) is 18.2 Å². The molecule has 0 unspecified atom stereocenters. The van der Waals surface area contributed by atoms with Crippen LogP contribution in [-0.2, 0) is 11.3 Å². The second kappa shape index (κ2) is 6.00. The molecular weight excluding hydrogens is 277 g/mol. The summed E-state index contributed by atoms with van der Waals surface area (Å²) in [5.74, 6) is 0.714. The van der Waals surface area contributed by atoms with E-state index in [0.717, 1.165) is 5.56 Å². The number of nitrogens with one attached hydrogen (secondary N) is 2. The predicted octanol–water partition coefficient (Wildman–Crippen LogP) is 1.18. The summed E-state index contributed by atoms with van der Waals surface area (Å²) in [5.41, 5.74) is 0.776. The lowest BCUT2D eigenvalue weighted by molar-refractivity contribution is -0.128. The summed E-state index contributed by atoms with van der Waals surface area (Å²) in [6.07, 6.45) is -4.32. The van der Waals surface area contributed by atoms with Crippen LogP contribution in [0.4, 0.5) is 13.2 Å². The normalized spacial score (nSPS) is 13.3. The first kappa shape index (κ1) is 14.4. The van der Waals surface area contributed by atoms with Crippen LogP contribution < -0.4 is 20.1 Å². The van der Waals surface area contributed by atoms with Crippen LogP contribution in [0.5, 0.6) is 11.5 Å². The zero-order valence-electron chi connectivity index (χ0n) is 10.4. The molecule has 0 fully saturated rings. The quantitative estimate of drug-likeness (QED) is 0.855. The fourth-order valence-electron chi connectivity index (χ4n) is 1.63. The molecule has 1 amide bonds. The molecule has 0 aliphatic carbocycles. The van der Waals surface area contributed by atoms with Gasteiger partial charge in [0.25, 0.3) is 0 Å². The number of rotatable bonds is 5. The van der Waals surface area contributed by atoms with Gasteiger partial charge in [-0.15, -0.1) is 0 Å². The van der Waals surface area contributed by atoms with E-state index in [9.17, 15) is 18.0 Å². The Bertz CT molecular complexity index is 491. The Balaban J connectivity index is 1.73. The Morgan fingerprint density at radius 3 is 2.75 bits per heavy atom. The van der Waals surface area contributed by atoms with E-state index in [1.807, 2.05) is 5.32 Å². The van der Waals surface area contributed by atoms with Crippen molar-refractivity contribution in [2.75, 3.05) is 19.9 Å². The van der Waals surface area contributed by atoms with Crippen LogP contribution in [0.25, 0.3) is 0 Å². The van der Waals surface area contributed by atoms with Gasteiger partial charge in [0.2, 0.25) is 12.7 Å². The van der Waals surface area contributed by atoms with E-state index in [1.54, 1.807) is 18.2 Å². The second-order valence-electron chi connectivity index (χ2n) is 4.18. The number of halogens is 3. The van der Waals surface area contributed by atoms with Gasteiger partial charge < -0.3 is 20.1 Å². The molecule has 0 aromatic heterocycles. The smallest absolute Gasteiger partial charge is 0.401 e. The summed E-state index contributed by atoms with van der Waals surface area (Å²) in [7, 11) is 0. The molecule has 1 aliphatic heterocycles. The van der Waals surface area contributed by atoms with Crippen molar-refractivity contribution < 1.29 is 27.4 Å². The van der Waals surface area contributed by atoms with Crippen molar-refractivity contribution in [3.05, 3.63) is 23.8 Å². The molecule has 1 aromatic rings. The number of hydrogen-bond donors (Lipinski definition) is 2. The van der Waals surface area contributed by atoms with Gasteiger partial charge in [0.05, 0.1) is 13.1 Å². The third-order valence-corrected chi connectivity index (χ3v) is 2.54. The van der Waals surface area contributed by atoms with Gasteiger partial charge in [0.1, 0.15) is 0 Å². The number of amides is 1. The highest BCUT2D eigenvalue weighted by Gasteiger charge is 2.26. The first-order chi connectivity index (χ1) is 9.44. The molecule has 0 radical (unpaired) electrons. The fourth-order valence-corrected chi connectivity index (χ4v) is 1.63. The minimum absolute atomic E-state index is 0.159. The van der Waals surface area contributed by atoms with Gasteiger partial charge in [0, 0.05) is 6.54 Å². The summed E-state index contributed by atoms with van der Waals surface area (Å²) in [6, 6.07) is 5.18. The van der Waals surface area contributed by atoms with Gasteiger partial charge in [-0.2, -0.15) is 13.2 Å². The molecule has 2 N–H and O–H groups in total. The first-order valence-electron chi connectivity index (χ1n) is 5.87. The zero-order valence-corrected chi connectivity index (χ0v) is 10.4. The van der Waals surface area contributed by atoms with Crippen LogP contribution in [0.1, 0.15) is 5.56 Å². The lowest BCUT2D eigenvalue weighted by Gasteiger charge is -2.09. The number of benzene rings is 1. The molecule has 0 atom stereocenters. The molecule has 0 spiro atoms. The second-order valence-corrected chi connectivity index (χ2v) is 4.18. The van der Waals surface area contributed by atoms with Gasteiger partial charge >= 0.3 is 6.18 Å². The third kappa shape index (κ3) is 4.30. The van der Waals surface area contributed by atoms with Gasteiger partial charge in [0.15, 0.2) is 11.5 Å². The molecule has 0 saturated carbocycles. The minimum Gasteiger partial charge on any atom is -0.454 e. The summed E-state index contributed by atoms with van der Waals surface area (Å²) in [4.78, 5) is 11.3. The molecule has 8 heteroatoms. The Hall–Kier alpha value is -1.96. The van der Waals surface area contributed by atoms with E-state index in [4.69, 9.17) is 9.47 Å². The fraction of sp³-hybridized carbons (Fsp3) is 0.417. The first-order valence-corrected chi connectivity index (χ1v) is 5.87. The van der Waals surface area contributed by atoms with Crippen molar-refractivity contribution in [2.24, 2.45) is 0 Å². The van der Waals surface area contributed by atoms with E-state index >= 15 is 0 Å². The molecule has 0 saturated heterocycles. The van der Waals surface area contributed by atoms with Crippen LogP contribution in [0.3, 0.4) is 0 Å². The van der Waals surface area contributed by atoms with Gasteiger partial charge in [-0.1, -0.05) is 6.07 Å². The monoisotopic (exact) mass is 290 g/mol. The lowest BCUT2D eigenvalue weighted by atomic mass is 10.2. The summed E-state index contributed by atoms with van der Waals surface area (Å²) >= 11 is 0. The average molecular weight is 290 g/mol. The maximum absolute atomic E-state index is 11.9. The molecule has 110 valence electrons. The van der Waals surface area contributed by atoms with Crippen molar-refractivity contribution >= 4 is 5.91 Å². The number of ether oxygens (including phenoxy) is 2. The highest BCUT2D eigenvalue weighted by molar-refractivity contribution is 5.78. The minimum atomic E-state index is -4.32. The topological polar surface area (TPSA) is 59.6 Å². The Morgan fingerprint density at radius 2 is 2.00 bits per heavy atom. The largest absolute Gasteiger partial charge is 0.454 e. The van der Waals surface area contributed by atoms with E-state index in [-0.39, 0.29) is 19.9 Å². The van der Waals surface area contributed by atoms with Crippen molar-refractivity contribution in [3.63, 3.8) is 0 Å². The van der Waals surface area contributed by atoms with Gasteiger partial charge in [-0.3, -0.25) is 4.79 Å². The van der Waals surface area contributed by atoms with Crippen molar-refractivity contribution in [1.82, 2.24) is 10.6 Å². The van der Waals surface area contributed by atoms with Crippen LogP contribution in [0, 0.1) is 0 Å². The molecule has 1 aliphatic rings. The van der Waals surface area contributed by atoms with Crippen LogP contribution in [0.2, 0.25) is 0 Å². The Morgan fingerprint density at radius 1 is 1.25 bits per heavy atom. The highest BCUT2D eigenvalue weighted by Crippen LogP contribution is 2.32. The zero-order chi connectivity index (χ0) is 14.6.